The van der Waals surface area contributed by atoms with Crippen molar-refractivity contribution in [1.82, 2.24) is 0 Å². The summed E-state index contributed by atoms with van der Waals surface area (Å²) in [6, 6.07) is 7.35. The van der Waals surface area contributed by atoms with Gasteiger partial charge >= 0.3 is 11.9 Å². The smallest absolute Gasteiger partial charge is 0.317 e. The lowest BCUT2D eigenvalue weighted by Crippen LogP contribution is -2.58. The summed E-state index contributed by atoms with van der Waals surface area (Å²) in [7, 11) is 1.46. The zero-order valence-corrected chi connectivity index (χ0v) is 34.0. The molecule has 6 aliphatic rings. The minimum Gasteiger partial charge on any atom is -0.462 e. The van der Waals surface area contributed by atoms with E-state index in [4.69, 9.17) is 28.4 Å². The van der Waals surface area contributed by atoms with Crippen molar-refractivity contribution in [2.45, 2.75) is 139 Å². The Morgan fingerprint density at radius 3 is 2.46 bits per heavy atom. The lowest BCUT2D eigenvalue weighted by atomic mass is 9.64. The fraction of sp³-hybridized carbons (Fsp3) is 0.622. The van der Waals surface area contributed by atoms with Gasteiger partial charge in [-0.05, 0) is 86.8 Å². The lowest BCUT2D eigenvalue weighted by Gasteiger charge is -2.49. The zero-order valence-electron chi connectivity index (χ0n) is 34.0. The van der Waals surface area contributed by atoms with Gasteiger partial charge in [0.1, 0.15) is 42.5 Å². The highest BCUT2D eigenvalue weighted by Crippen LogP contribution is 2.48. The first-order chi connectivity index (χ1) is 27.2. The van der Waals surface area contributed by atoms with E-state index in [2.05, 4.69) is 18.3 Å². The van der Waals surface area contributed by atoms with E-state index < -0.39 is 53.1 Å². The summed E-state index contributed by atoms with van der Waals surface area (Å²) in [5.41, 5.74) is 0.626. The molecule has 4 fully saturated rings. The van der Waals surface area contributed by atoms with Crippen molar-refractivity contribution >= 4 is 23.5 Å². The Bertz CT molecular complexity index is 1810. The summed E-state index contributed by atoms with van der Waals surface area (Å²) in [6.07, 6.45) is 10.3. The van der Waals surface area contributed by atoms with Crippen LogP contribution in [0, 0.1) is 17.8 Å². The van der Waals surface area contributed by atoms with Crippen molar-refractivity contribution in [2.24, 2.45) is 17.8 Å². The average Bonchev–Trinajstić information content (AvgIpc) is 3.49. The molecule has 12 nitrogen and oxygen atoms in total. The van der Waals surface area contributed by atoms with Gasteiger partial charge in [-0.2, -0.15) is 0 Å². The maximum absolute atomic E-state index is 14.4. The number of aliphatic hydroxyl groups excluding tert-OH is 1. The monoisotopic (exact) mass is 789 g/mol. The molecule has 3 saturated heterocycles. The molecule has 0 radical (unpaired) electrons. The van der Waals surface area contributed by atoms with Gasteiger partial charge in [0, 0.05) is 38.0 Å². The molecule has 0 unspecified atom stereocenters. The fourth-order valence-electron chi connectivity index (χ4n) is 9.56. The number of nitrogens with one attached hydrogen (secondary N) is 1. The molecular formula is C45H59NO11. The molecule has 11 atom stereocenters. The zero-order chi connectivity index (χ0) is 40.7. The quantitative estimate of drug-likeness (QED) is 0.238. The highest BCUT2D eigenvalue weighted by atomic mass is 16.7. The summed E-state index contributed by atoms with van der Waals surface area (Å²) in [4.78, 5) is 40.7. The second kappa shape index (κ2) is 16.5. The molecular weight excluding hydrogens is 730 g/mol. The fourth-order valence-corrected chi connectivity index (χ4v) is 9.56. The number of methoxy groups -OCH3 is 1. The van der Waals surface area contributed by atoms with Crippen molar-refractivity contribution in [1.29, 1.82) is 0 Å². The molecule has 1 spiro atoms. The molecule has 0 aromatic heterocycles. The number of allylic oxidation sites excluding steroid dienone is 2. The summed E-state index contributed by atoms with van der Waals surface area (Å²) in [6.45, 7) is 9.84. The van der Waals surface area contributed by atoms with E-state index in [0.717, 1.165) is 24.0 Å². The minimum absolute atomic E-state index is 0.0168. The predicted molar refractivity (Wildman–Crippen MR) is 211 cm³/mol. The van der Waals surface area contributed by atoms with Crippen LogP contribution >= 0.6 is 0 Å². The SMILES string of the molecule is COCC(=O)Nc1ccc(C2(C(=O)O[C@H]3/C(C)=C/C[C@@H]4C[C@@H](C[C@]5(CC[C@H](C)[C@@H](C)O5)O4)OC(=O)[C@@H]4C=C(C)[C@@H](O)[C@H]5OC/C(=C\C=C\[C@@H]3C)[C@]54O)CCC2)cc1. The lowest BCUT2D eigenvalue weighted by molar-refractivity contribution is -0.332. The number of amides is 1. The molecule has 310 valence electrons. The van der Waals surface area contributed by atoms with Gasteiger partial charge in [0.25, 0.3) is 0 Å². The second-order valence-corrected chi connectivity index (χ2v) is 17.3. The normalized spacial score (nSPS) is 40.2. The van der Waals surface area contributed by atoms with E-state index in [0.29, 0.717) is 61.3 Å². The molecule has 4 aliphatic heterocycles. The Morgan fingerprint density at radius 2 is 1.77 bits per heavy atom. The number of rotatable bonds is 6. The molecule has 12 heteroatoms. The molecule has 3 N–H and O–H groups in total. The van der Waals surface area contributed by atoms with Crippen molar-refractivity contribution < 1.29 is 53.0 Å². The molecule has 1 amide bonds. The standard InChI is InChI=1S/C45H59NO11/c1-26-17-20-44(56-30(26)5)23-35-22-34(57-44)16-11-28(3)39(55-42(50)43(18-8-19-43)31-12-14-33(15-13-31)46-37(47)25-52-6)27(2)9-7-10-32-24-53-40-38(48)29(4)21-36(41(49)54-35)45(32,40)51/h7,9-15,21,26-27,30,34-36,38-40,48,51H,8,16-20,22-25H2,1-6H3,(H,46,47)/b9-7+,28-11+,32-10+/t26-,27-,30+,34+,35-,36-,38+,39+,40+,44-,45+/m0/s1. The predicted octanol–water partition coefficient (Wildman–Crippen LogP) is 5.76. The Hall–Kier alpha value is -3.65. The molecule has 1 aromatic carbocycles. The number of carbonyl (C=O) groups is 3. The van der Waals surface area contributed by atoms with Gasteiger partial charge in [-0.1, -0.05) is 62.8 Å². The molecule has 7 rings (SSSR count). The first-order valence-electron chi connectivity index (χ1n) is 20.6. The Balaban J connectivity index is 1.22. The van der Waals surface area contributed by atoms with Crippen LogP contribution in [0.25, 0.3) is 0 Å². The third kappa shape index (κ3) is 8.06. The van der Waals surface area contributed by atoms with E-state index in [1.54, 1.807) is 37.3 Å². The number of carbonyl (C=O) groups excluding carboxylic acids is 3. The van der Waals surface area contributed by atoms with Crippen LogP contribution in [-0.4, -0.2) is 96.4 Å². The number of aliphatic hydroxyl groups is 2. The van der Waals surface area contributed by atoms with E-state index >= 15 is 0 Å². The first kappa shape index (κ1) is 41.5. The van der Waals surface area contributed by atoms with Crippen LogP contribution in [0.1, 0.15) is 91.5 Å². The number of benzene rings is 1. The van der Waals surface area contributed by atoms with Gasteiger partial charge in [0.05, 0.1) is 24.2 Å². The second-order valence-electron chi connectivity index (χ2n) is 17.3. The molecule has 4 heterocycles. The number of anilines is 1. The van der Waals surface area contributed by atoms with Crippen LogP contribution < -0.4 is 5.32 Å². The molecule has 1 aromatic rings. The highest BCUT2D eigenvalue weighted by molar-refractivity contribution is 5.92. The van der Waals surface area contributed by atoms with Crippen LogP contribution in [0.2, 0.25) is 0 Å². The maximum atomic E-state index is 14.4. The highest BCUT2D eigenvalue weighted by Gasteiger charge is 2.60. The summed E-state index contributed by atoms with van der Waals surface area (Å²) in [5, 5.41) is 26.3. The van der Waals surface area contributed by atoms with E-state index in [1.165, 1.54) is 7.11 Å². The Morgan fingerprint density at radius 1 is 1.02 bits per heavy atom. The minimum atomic E-state index is -1.84. The summed E-state index contributed by atoms with van der Waals surface area (Å²) < 4.78 is 37.2. The third-order valence-electron chi connectivity index (χ3n) is 13.4. The van der Waals surface area contributed by atoms with Gasteiger partial charge in [-0.25, -0.2) is 0 Å². The van der Waals surface area contributed by atoms with Gasteiger partial charge in [0.15, 0.2) is 5.79 Å². The molecule has 57 heavy (non-hydrogen) atoms. The number of esters is 2. The largest absolute Gasteiger partial charge is 0.462 e. The van der Waals surface area contributed by atoms with Crippen molar-refractivity contribution in [2.75, 3.05) is 25.6 Å². The number of fused-ring (bicyclic) bond motifs is 2. The van der Waals surface area contributed by atoms with Crippen LogP contribution in [0.4, 0.5) is 5.69 Å². The van der Waals surface area contributed by atoms with Gasteiger partial charge in [0.2, 0.25) is 5.91 Å². The van der Waals surface area contributed by atoms with Gasteiger partial charge < -0.3 is 44.0 Å². The van der Waals surface area contributed by atoms with Crippen molar-refractivity contribution in [3.8, 4) is 0 Å². The average molecular weight is 790 g/mol. The first-order valence-corrected chi connectivity index (χ1v) is 20.6. The third-order valence-corrected chi connectivity index (χ3v) is 13.4. The van der Waals surface area contributed by atoms with Crippen LogP contribution in [0.3, 0.4) is 0 Å². The molecule has 1 saturated carbocycles. The van der Waals surface area contributed by atoms with Crippen molar-refractivity contribution in [3.05, 3.63) is 76.9 Å². The van der Waals surface area contributed by atoms with Gasteiger partial charge in [-0.15, -0.1) is 0 Å². The molecule has 2 bridgehead atoms. The van der Waals surface area contributed by atoms with Crippen LogP contribution in [0.5, 0.6) is 0 Å². The van der Waals surface area contributed by atoms with Crippen molar-refractivity contribution in [3.63, 3.8) is 0 Å². The van der Waals surface area contributed by atoms with Gasteiger partial charge in [-0.3, -0.25) is 14.4 Å². The number of hydrogen-bond donors (Lipinski definition) is 3. The maximum Gasteiger partial charge on any atom is 0.317 e. The number of hydrogen-bond acceptors (Lipinski definition) is 11. The summed E-state index contributed by atoms with van der Waals surface area (Å²) >= 11 is 0. The molecule has 2 aliphatic carbocycles. The van der Waals surface area contributed by atoms with Crippen LogP contribution in [-0.2, 0) is 48.2 Å². The topological polar surface area (TPSA) is 159 Å². The van der Waals surface area contributed by atoms with Crippen LogP contribution in [0.15, 0.2) is 71.4 Å². The number of ether oxygens (including phenoxy) is 6. The van der Waals surface area contributed by atoms with E-state index in [1.807, 2.05) is 39.0 Å². The Labute approximate surface area is 335 Å². The Kier molecular flexibility index (Phi) is 12.0. The van der Waals surface area contributed by atoms with E-state index in [9.17, 15) is 24.6 Å². The van der Waals surface area contributed by atoms with E-state index in [-0.39, 0.29) is 43.2 Å². The summed E-state index contributed by atoms with van der Waals surface area (Å²) in [5.74, 6) is -3.15.